The zero-order chi connectivity index (χ0) is 13.7. The number of aromatic nitrogens is 1. The Balaban J connectivity index is 1.70. The van der Waals surface area contributed by atoms with E-state index in [2.05, 4.69) is 15.6 Å². The van der Waals surface area contributed by atoms with Crippen molar-refractivity contribution in [3.63, 3.8) is 0 Å². The van der Waals surface area contributed by atoms with E-state index < -0.39 is 0 Å². The van der Waals surface area contributed by atoms with Gasteiger partial charge in [-0.05, 0) is 18.2 Å². The first-order chi connectivity index (χ1) is 9.16. The van der Waals surface area contributed by atoms with E-state index in [1.165, 1.54) is 18.5 Å². The van der Waals surface area contributed by atoms with Crippen LogP contribution < -0.4 is 10.6 Å². The molecule has 3 N–H and O–H groups in total. The SMILES string of the molecule is O=C(NCCNC(=O)c1ccco1)c1cc(Cl)c[nH]1. The van der Waals surface area contributed by atoms with Crippen LogP contribution in [-0.4, -0.2) is 29.9 Å². The summed E-state index contributed by atoms with van der Waals surface area (Å²) in [5.41, 5.74) is 0.377. The van der Waals surface area contributed by atoms with Crippen LogP contribution in [0.15, 0.2) is 35.1 Å². The van der Waals surface area contributed by atoms with Gasteiger partial charge in [-0.2, -0.15) is 0 Å². The second-order valence-corrected chi connectivity index (χ2v) is 4.16. The lowest BCUT2D eigenvalue weighted by Gasteiger charge is -2.04. The number of H-pyrrole nitrogens is 1. The molecule has 0 radical (unpaired) electrons. The minimum atomic E-state index is -0.317. The summed E-state index contributed by atoms with van der Waals surface area (Å²) in [6.07, 6.45) is 2.95. The first-order valence-electron chi connectivity index (χ1n) is 5.60. The summed E-state index contributed by atoms with van der Waals surface area (Å²) in [5, 5.41) is 5.72. The van der Waals surface area contributed by atoms with Crippen molar-refractivity contribution in [1.82, 2.24) is 15.6 Å². The Labute approximate surface area is 114 Å². The molecule has 0 bridgehead atoms. The van der Waals surface area contributed by atoms with Crippen molar-refractivity contribution in [2.24, 2.45) is 0 Å². The van der Waals surface area contributed by atoms with Gasteiger partial charge < -0.3 is 20.0 Å². The molecule has 100 valence electrons. The number of rotatable bonds is 5. The van der Waals surface area contributed by atoms with Crippen molar-refractivity contribution >= 4 is 23.4 Å². The Bertz CT molecular complexity index is 563. The molecule has 6 nitrogen and oxygen atoms in total. The van der Waals surface area contributed by atoms with Crippen molar-refractivity contribution in [3.05, 3.63) is 47.1 Å². The summed E-state index contributed by atoms with van der Waals surface area (Å²) in [4.78, 5) is 25.8. The molecule has 7 heteroatoms. The summed E-state index contributed by atoms with van der Waals surface area (Å²) < 4.78 is 4.93. The van der Waals surface area contributed by atoms with Crippen LogP contribution in [0.3, 0.4) is 0 Å². The van der Waals surface area contributed by atoms with Crippen LogP contribution in [0.25, 0.3) is 0 Å². The summed E-state index contributed by atoms with van der Waals surface area (Å²) in [6.45, 7) is 0.613. The smallest absolute Gasteiger partial charge is 0.287 e. The summed E-state index contributed by atoms with van der Waals surface area (Å²) in [6, 6.07) is 4.72. The molecule has 2 heterocycles. The van der Waals surface area contributed by atoms with E-state index in [-0.39, 0.29) is 17.6 Å². The van der Waals surface area contributed by atoms with Gasteiger partial charge in [0.1, 0.15) is 5.69 Å². The number of carbonyl (C=O) groups is 2. The maximum Gasteiger partial charge on any atom is 0.287 e. The van der Waals surface area contributed by atoms with Gasteiger partial charge in [0.15, 0.2) is 5.76 Å². The third kappa shape index (κ3) is 3.62. The fraction of sp³-hybridized carbons (Fsp3) is 0.167. The summed E-state index contributed by atoms with van der Waals surface area (Å²) in [5.74, 6) is -0.358. The van der Waals surface area contributed by atoms with Crippen LogP contribution >= 0.6 is 11.6 Å². The number of amides is 2. The van der Waals surface area contributed by atoms with E-state index in [9.17, 15) is 9.59 Å². The second kappa shape index (κ2) is 6.10. The monoisotopic (exact) mass is 281 g/mol. The quantitative estimate of drug-likeness (QED) is 0.724. The van der Waals surface area contributed by atoms with Gasteiger partial charge in [0.05, 0.1) is 11.3 Å². The first-order valence-corrected chi connectivity index (χ1v) is 5.98. The van der Waals surface area contributed by atoms with E-state index in [1.807, 2.05) is 0 Å². The van der Waals surface area contributed by atoms with Gasteiger partial charge in [-0.15, -0.1) is 0 Å². The molecule has 0 aromatic carbocycles. The molecule has 0 fully saturated rings. The second-order valence-electron chi connectivity index (χ2n) is 3.72. The van der Waals surface area contributed by atoms with Crippen LogP contribution in [0.1, 0.15) is 21.0 Å². The largest absolute Gasteiger partial charge is 0.459 e. The Morgan fingerprint density at radius 2 is 2.00 bits per heavy atom. The lowest BCUT2D eigenvalue weighted by atomic mass is 10.4. The molecule has 0 aliphatic heterocycles. The van der Waals surface area contributed by atoms with Gasteiger partial charge in [-0.1, -0.05) is 11.6 Å². The third-order valence-electron chi connectivity index (χ3n) is 2.33. The molecule has 0 spiro atoms. The maximum absolute atomic E-state index is 11.6. The molecule has 0 aliphatic carbocycles. The van der Waals surface area contributed by atoms with Crippen LogP contribution in [-0.2, 0) is 0 Å². The number of halogens is 1. The molecule has 0 saturated heterocycles. The molecule has 2 amide bonds. The van der Waals surface area contributed by atoms with E-state index in [1.54, 1.807) is 12.1 Å². The van der Waals surface area contributed by atoms with Crippen LogP contribution in [0.2, 0.25) is 5.02 Å². The number of hydrogen-bond acceptors (Lipinski definition) is 3. The minimum absolute atomic E-state index is 0.238. The molecule has 2 aromatic rings. The van der Waals surface area contributed by atoms with E-state index in [0.29, 0.717) is 23.8 Å². The van der Waals surface area contributed by atoms with E-state index >= 15 is 0 Å². The average molecular weight is 282 g/mol. The predicted octanol–water partition coefficient (Wildman–Crippen LogP) is 1.42. The fourth-order valence-electron chi connectivity index (χ4n) is 1.44. The van der Waals surface area contributed by atoms with Crippen molar-refractivity contribution < 1.29 is 14.0 Å². The number of aromatic amines is 1. The highest BCUT2D eigenvalue weighted by atomic mass is 35.5. The van der Waals surface area contributed by atoms with Crippen molar-refractivity contribution in [3.8, 4) is 0 Å². The number of hydrogen-bond donors (Lipinski definition) is 3. The standard InChI is InChI=1S/C12H12ClN3O3/c13-8-6-9(16-7-8)11(17)14-3-4-15-12(18)10-2-1-5-19-10/h1-2,5-7,16H,3-4H2,(H,14,17)(H,15,18). The fourth-order valence-corrected chi connectivity index (χ4v) is 1.60. The number of furan rings is 1. The number of nitrogens with one attached hydrogen (secondary N) is 3. The zero-order valence-corrected chi connectivity index (χ0v) is 10.7. The van der Waals surface area contributed by atoms with Crippen molar-refractivity contribution in [2.45, 2.75) is 0 Å². The van der Waals surface area contributed by atoms with E-state index in [4.69, 9.17) is 16.0 Å². The average Bonchev–Trinajstić information content (AvgIpc) is 3.04. The molecule has 2 aromatic heterocycles. The highest BCUT2D eigenvalue weighted by Crippen LogP contribution is 2.08. The van der Waals surface area contributed by atoms with Crippen LogP contribution in [0.4, 0.5) is 0 Å². The molecular weight excluding hydrogens is 270 g/mol. The normalized spacial score (nSPS) is 10.2. The van der Waals surface area contributed by atoms with Gasteiger partial charge in [0.25, 0.3) is 11.8 Å². The molecule has 0 atom stereocenters. The number of carbonyl (C=O) groups excluding carboxylic acids is 2. The first kappa shape index (κ1) is 13.2. The highest BCUT2D eigenvalue weighted by Gasteiger charge is 2.09. The molecule has 0 unspecified atom stereocenters. The van der Waals surface area contributed by atoms with Crippen molar-refractivity contribution in [2.75, 3.05) is 13.1 Å². The highest BCUT2D eigenvalue weighted by molar-refractivity contribution is 6.30. The van der Waals surface area contributed by atoms with Gasteiger partial charge in [0.2, 0.25) is 0 Å². The van der Waals surface area contributed by atoms with Gasteiger partial charge in [-0.3, -0.25) is 9.59 Å². The van der Waals surface area contributed by atoms with Crippen LogP contribution in [0.5, 0.6) is 0 Å². The maximum atomic E-state index is 11.6. The summed E-state index contributed by atoms with van der Waals surface area (Å²) in [7, 11) is 0. The third-order valence-corrected chi connectivity index (χ3v) is 2.55. The van der Waals surface area contributed by atoms with Crippen molar-refractivity contribution in [1.29, 1.82) is 0 Å². The predicted molar refractivity (Wildman–Crippen MR) is 69.2 cm³/mol. The van der Waals surface area contributed by atoms with E-state index in [0.717, 1.165) is 0 Å². The zero-order valence-electron chi connectivity index (χ0n) is 9.90. The van der Waals surface area contributed by atoms with Gasteiger partial charge in [-0.25, -0.2) is 0 Å². The lowest BCUT2D eigenvalue weighted by molar-refractivity contribution is 0.0909. The molecule has 19 heavy (non-hydrogen) atoms. The molecule has 0 aliphatic rings. The minimum Gasteiger partial charge on any atom is -0.459 e. The van der Waals surface area contributed by atoms with Crippen LogP contribution in [0, 0.1) is 0 Å². The molecular formula is C12H12ClN3O3. The topological polar surface area (TPSA) is 87.1 Å². The summed E-state index contributed by atoms with van der Waals surface area (Å²) >= 11 is 5.69. The Morgan fingerprint density at radius 1 is 1.26 bits per heavy atom. The van der Waals surface area contributed by atoms with Gasteiger partial charge >= 0.3 is 0 Å². The molecule has 0 saturated carbocycles. The Hall–Kier alpha value is -2.21. The van der Waals surface area contributed by atoms with Gasteiger partial charge in [0, 0.05) is 19.3 Å². The molecule has 2 rings (SSSR count). The lowest BCUT2D eigenvalue weighted by Crippen LogP contribution is -2.34. The Kier molecular flexibility index (Phi) is 4.25. The Morgan fingerprint density at radius 3 is 2.58 bits per heavy atom.